The number of aliphatic hydroxyl groups excluding tert-OH is 1. The molecule has 12 heteroatoms. The lowest BCUT2D eigenvalue weighted by atomic mass is 9.90. The molecule has 200 valence electrons. The molecule has 8 nitrogen and oxygen atoms in total. The van der Waals surface area contributed by atoms with E-state index in [2.05, 4.69) is 9.13 Å². The van der Waals surface area contributed by atoms with Gasteiger partial charge in [0.2, 0.25) is 0 Å². The molecule has 2 aliphatic heterocycles. The van der Waals surface area contributed by atoms with Crippen LogP contribution in [0.5, 0.6) is 17.2 Å². The maximum atomic E-state index is 12.8. The number of hydrogen-bond donors (Lipinski definition) is 1. The van der Waals surface area contributed by atoms with Gasteiger partial charge in [0, 0.05) is 25.2 Å². The monoisotopic (exact) mass is 547 g/mol. The van der Waals surface area contributed by atoms with Gasteiger partial charge in [0.15, 0.2) is 11.5 Å². The van der Waals surface area contributed by atoms with Gasteiger partial charge < -0.3 is 24.4 Å². The quantitative estimate of drug-likeness (QED) is 0.468. The van der Waals surface area contributed by atoms with Crippen molar-refractivity contribution in [3.63, 3.8) is 0 Å². The molecule has 2 aliphatic rings. The Morgan fingerprint density at radius 3 is 2.13 bits per heavy atom. The molecule has 0 bridgehead atoms. The molecule has 3 aromatic carbocycles. The van der Waals surface area contributed by atoms with E-state index in [0.717, 1.165) is 35.6 Å². The molecular formula is C26H24F3N3O5S. The van der Waals surface area contributed by atoms with Crippen molar-refractivity contribution < 1.29 is 36.2 Å². The molecule has 0 aliphatic carbocycles. The molecule has 0 radical (unpaired) electrons. The first kappa shape index (κ1) is 26.0. The zero-order valence-electron chi connectivity index (χ0n) is 20.1. The number of anilines is 2. The number of alkyl halides is 3. The van der Waals surface area contributed by atoms with Crippen molar-refractivity contribution in [1.82, 2.24) is 4.90 Å². The second-order valence-electron chi connectivity index (χ2n) is 9.10. The van der Waals surface area contributed by atoms with E-state index in [4.69, 9.17) is 4.74 Å². The number of hydrogen-bond acceptors (Lipinski definition) is 7. The van der Waals surface area contributed by atoms with Gasteiger partial charge in [-0.1, -0.05) is 24.3 Å². The highest BCUT2D eigenvalue weighted by molar-refractivity contribution is 7.90. The SMILES string of the molecule is CN1CC(C=NS(=O)(=O)c2ccc(OC(F)(F)F)cc2)[C@H](O)[C@@H](N2c3ccccc3Oc3ccccc32)C1. The van der Waals surface area contributed by atoms with Gasteiger partial charge in [-0.3, -0.25) is 0 Å². The molecular weight excluding hydrogens is 523 g/mol. The van der Waals surface area contributed by atoms with Crippen LogP contribution in [0.1, 0.15) is 0 Å². The number of ether oxygens (including phenoxy) is 2. The van der Waals surface area contributed by atoms with E-state index in [9.17, 15) is 26.7 Å². The highest BCUT2D eigenvalue weighted by Gasteiger charge is 2.41. The van der Waals surface area contributed by atoms with E-state index in [1.807, 2.05) is 65.4 Å². The molecule has 0 amide bonds. The van der Waals surface area contributed by atoms with Crippen molar-refractivity contribution in [3.05, 3.63) is 72.8 Å². The minimum absolute atomic E-state index is 0.297. The molecule has 3 atom stereocenters. The molecule has 38 heavy (non-hydrogen) atoms. The zero-order chi connectivity index (χ0) is 27.1. The Morgan fingerprint density at radius 2 is 1.55 bits per heavy atom. The largest absolute Gasteiger partial charge is 0.573 e. The number of aliphatic hydroxyl groups is 1. The summed E-state index contributed by atoms with van der Waals surface area (Å²) in [6.45, 7) is 0.838. The number of halogens is 3. The lowest BCUT2D eigenvalue weighted by molar-refractivity contribution is -0.274. The van der Waals surface area contributed by atoms with E-state index in [1.54, 1.807) is 0 Å². The van der Waals surface area contributed by atoms with Crippen LogP contribution in [0.25, 0.3) is 0 Å². The summed E-state index contributed by atoms with van der Waals surface area (Å²) in [4.78, 5) is 3.68. The van der Waals surface area contributed by atoms with Crippen molar-refractivity contribution in [2.45, 2.75) is 23.4 Å². The Hall–Kier alpha value is -3.61. The highest BCUT2D eigenvalue weighted by Crippen LogP contribution is 2.48. The first-order valence-electron chi connectivity index (χ1n) is 11.7. The topological polar surface area (TPSA) is 91.7 Å². The van der Waals surface area contributed by atoms with Crippen LogP contribution < -0.4 is 14.4 Å². The number of likely N-dealkylation sites (tertiary alicyclic amines) is 1. The van der Waals surface area contributed by atoms with Crippen molar-refractivity contribution in [1.29, 1.82) is 0 Å². The summed E-state index contributed by atoms with van der Waals surface area (Å²) in [6.07, 6.45) is -4.69. The third-order valence-corrected chi connectivity index (χ3v) is 7.67. The Kier molecular flexibility index (Phi) is 6.80. The van der Waals surface area contributed by atoms with Crippen LogP contribution in [-0.4, -0.2) is 63.3 Å². The van der Waals surface area contributed by atoms with Crippen LogP contribution in [0.15, 0.2) is 82.1 Å². The lowest BCUT2D eigenvalue weighted by Crippen LogP contribution is -2.58. The summed E-state index contributed by atoms with van der Waals surface area (Å²) in [5, 5.41) is 11.4. The van der Waals surface area contributed by atoms with Gasteiger partial charge >= 0.3 is 6.36 Å². The first-order valence-corrected chi connectivity index (χ1v) is 13.1. The molecule has 0 saturated carbocycles. The fraction of sp³-hybridized carbons (Fsp3) is 0.269. The van der Waals surface area contributed by atoms with E-state index in [0.29, 0.717) is 24.6 Å². The summed E-state index contributed by atoms with van der Waals surface area (Å²) in [6, 6.07) is 18.3. The number of benzene rings is 3. The fourth-order valence-corrected chi connectivity index (χ4v) is 5.67. The van der Waals surface area contributed by atoms with Gasteiger partial charge in [0.05, 0.1) is 28.4 Å². The summed E-state index contributed by atoms with van der Waals surface area (Å²) < 4.78 is 76.4. The van der Waals surface area contributed by atoms with Gasteiger partial charge in [0.1, 0.15) is 5.75 Å². The Balaban J connectivity index is 1.41. The van der Waals surface area contributed by atoms with Crippen molar-refractivity contribution in [3.8, 4) is 17.2 Å². The molecule has 5 rings (SSSR count). The van der Waals surface area contributed by atoms with Crippen LogP contribution in [0.2, 0.25) is 0 Å². The first-order chi connectivity index (χ1) is 18.0. The summed E-state index contributed by atoms with van der Waals surface area (Å²) in [5.74, 6) is 0.0805. The van der Waals surface area contributed by atoms with Gasteiger partial charge in [-0.25, -0.2) is 0 Å². The predicted octanol–water partition coefficient (Wildman–Crippen LogP) is 4.58. The third-order valence-electron chi connectivity index (χ3n) is 6.40. The normalized spacial score (nSPS) is 22.0. The molecule has 1 saturated heterocycles. The van der Waals surface area contributed by atoms with Crippen LogP contribution in [0.3, 0.4) is 0 Å². The summed E-state index contributed by atoms with van der Waals surface area (Å²) >= 11 is 0. The zero-order valence-corrected chi connectivity index (χ0v) is 20.9. The van der Waals surface area contributed by atoms with E-state index in [1.165, 1.54) is 6.21 Å². The van der Waals surface area contributed by atoms with Crippen LogP contribution in [0, 0.1) is 5.92 Å². The van der Waals surface area contributed by atoms with Crippen LogP contribution in [0.4, 0.5) is 24.5 Å². The average Bonchev–Trinajstić information content (AvgIpc) is 2.87. The number of rotatable bonds is 5. The Bertz CT molecular complexity index is 1400. The molecule has 3 aromatic rings. The molecule has 1 unspecified atom stereocenters. The second kappa shape index (κ2) is 9.93. The number of para-hydroxylation sites is 4. The minimum atomic E-state index is -4.89. The summed E-state index contributed by atoms with van der Waals surface area (Å²) in [7, 11) is -2.36. The molecule has 1 N–H and O–H groups in total. The number of likely N-dealkylation sites (N-methyl/N-ethyl adjacent to an activating group) is 1. The fourth-order valence-electron chi connectivity index (χ4n) is 4.75. The number of piperidine rings is 1. The van der Waals surface area contributed by atoms with Crippen molar-refractivity contribution >= 4 is 27.6 Å². The maximum Gasteiger partial charge on any atom is 0.573 e. The van der Waals surface area contributed by atoms with Crippen LogP contribution >= 0.6 is 0 Å². The van der Waals surface area contributed by atoms with Gasteiger partial charge in [-0.2, -0.15) is 12.8 Å². The number of nitrogens with zero attached hydrogens (tertiary/aromatic N) is 3. The average molecular weight is 548 g/mol. The van der Waals surface area contributed by atoms with E-state index in [-0.39, 0.29) is 4.90 Å². The second-order valence-corrected chi connectivity index (χ2v) is 10.7. The van der Waals surface area contributed by atoms with Crippen molar-refractivity contribution in [2.24, 2.45) is 10.3 Å². The van der Waals surface area contributed by atoms with E-state index >= 15 is 0 Å². The standard InChI is InChI=1S/C26H24F3N3O5S/c1-31-15-17(14-30-38(34,35)19-12-10-18(11-13-19)37-26(27,28)29)25(33)22(16-31)32-20-6-2-4-8-23(20)36-24-9-5-3-7-21(24)32/h2-14,17,22,25,33H,15-16H2,1H3/t17?,22-,25-/m0/s1. The van der Waals surface area contributed by atoms with Gasteiger partial charge in [-0.15, -0.1) is 13.2 Å². The smallest absolute Gasteiger partial charge is 0.453 e. The van der Waals surface area contributed by atoms with Crippen LogP contribution in [-0.2, 0) is 10.0 Å². The number of fused-ring (bicyclic) bond motifs is 2. The Labute approximate surface area is 217 Å². The summed E-state index contributed by atoms with van der Waals surface area (Å²) in [5.41, 5.74) is 1.55. The molecule has 1 fully saturated rings. The maximum absolute atomic E-state index is 12.8. The van der Waals surface area contributed by atoms with E-state index < -0.39 is 40.2 Å². The molecule has 0 aromatic heterocycles. The predicted molar refractivity (Wildman–Crippen MR) is 135 cm³/mol. The lowest BCUT2D eigenvalue weighted by Gasteiger charge is -2.46. The Morgan fingerprint density at radius 1 is 0.974 bits per heavy atom. The third kappa shape index (κ3) is 5.33. The molecule has 0 spiro atoms. The van der Waals surface area contributed by atoms with Gasteiger partial charge in [-0.05, 0) is 55.6 Å². The van der Waals surface area contributed by atoms with Crippen molar-refractivity contribution in [2.75, 3.05) is 25.0 Å². The highest BCUT2D eigenvalue weighted by atomic mass is 32.2. The number of sulfonamides is 1. The molecule has 2 heterocycles. The minimum Gasteiger partial charge on any atom is -0.453 e. The van der Waals surface area contributed by atoms with Gasteiger partial charge in [0.25, 0.3) is 10.0 Å².